The van der Waals surface area contributed by atoms with Crippen LogP contribution in [-0.4, -0.2) is 47.3 Å². The number of hydrogen-bond donors (Lipinski definition) is 1. The number of nitrogens with zero attached hydrogens (tertiary/aromatic N) is 2. The van der Waals surface area contributed by atoms with Crippen molar-refractivity contribution in [3.8, 4) is 22.8 Å². The maximum Gasteiger partial charge on any atom is 0.221 e. The fraction of sp³-hybridized carbons (Fsp3) is 0.450. The molecule has 3 heterocycles. The van der Waals surface area contributed by atoms with Crippen molar-refractivity contribution in [2.24, 2.45) is 0 Å². The van der Waals surface area contributed by atoms with Gasteiger partial charge in [-0.3, -0.25) is 4.90 Å². The number of rotatable bonds is 4. The third-order valence-electron chi connectivity index (χ3n) is 5.08. The topological polar surface area (TPSA) is 54.8 Å². The molecule has 2 aromatic rings. The zero-order valence-corrected chi connectivity index (χ0v) is 14.5. The first-order valence-corrected chi connectivity index (χ1v) is 9.05. The molecule has 25 heavy (non-hydrogen) atoms. The van der Waals surface area contributed by atoms with Gasteiger partial charge in [-0.25, -0.2) is 4.98 Å². The first-order chi connectivity index (χ1) is 12.3. The Morgan fingerprint density at radius 1 is 1.28 bits per heavy atom. The van der Waals surface area contributed by atoms with E-state index in [4.69, 9.17) is 9.47 Å². The van der Waals surface area contributed by atoms with Crippen LogP contribution < -0.4 is 9.47 Å². The molecule has 0 spiro atoms. The van der Waals surface area contributed by atoms with Gasteiger partial charge in [-0.2, -0.15) is 0 Å². The predicted molar refractivity (Wildman–Crippen MR) is 95.9 cm³/mol. The second kappa shape index (κ2) is 7.02. The second-order valence-electron chi connectivity index (χ2n) is 6.61. The Labute approximate surface area is 148 Å². The molecule has 0 bridgehead atoms. The summed E-state index contributed by atoms with van der Waals surface area (Å²) in [5.74, 6) is 1.38. The number of aliphatic hydroxyl groups is 1. The van der Waals surface area contributed by atoms with E-state index in [1.54, 1.807) is 6.20 Å². The summed E-state index contributed by atoms with van der Waals surface area (Å²) in [7, 11) is 0. The first kappa shape index (κ1) is 16.4. The van der Waals surface area contributed by atoms with Gasteiger partial charge in [0, 0.05) is 17.3 Å². The van der Waals surface area contributed by atoms with Gasteiger partial charge in [0.1, 0.15) is 18.5 Å². The van der Waals surface area contributed by atoms with Crippen LogP contribution in [0.1, 0.15) is 31.4 Å². The number of aromatic nitrogens is 1. The van der Waals surface area contributed by atoms with Crippen molar-refractivity contribution >= 4 is 0 Å². The van der Waals surface area contributed by atoms with Gasteiger partial charge in [0.15, 0.2) is 0 Å². The van der Waals surface area contributed by atoms with E-state index in [9.17, 15) is 5.11 Å². The molecule has 2 unspecified atom stereocenters. The van der Waals surface area contributed by atoms with Crippen LogP contribution in [0.15, 0.2) is 36.5 Å². The molecule has 1 N–H and O–H groups in total. The third-order valence-corrected chi connectivity index (χ3v) is 5.08. The van der Waals surface area contributed by atoms with Crippen molar-refractivity contribution in [1.82, 2.24) is 9.88 Å². The van der Waals surface area contributed by atoms with E-state index in [0.717, 1.165) is 35.5 Å². The molecule has 5 heteroatoms. The van der Waals surface area contributed by atoms with Gasteiger partial charge < -0.3 is 14.6 Å². The predicted octanol–water partition coefficient (Wildman–Crippen LogP) is 3.04. The van der Waals surface area contributed by atoms with Gasteiger partial charge in [0.05, 0.1) is 12.6 Å². The zero-order chi connectivity index (χ0) is 17.2. The molecule has 0 radical (unpaired) electrons. The number of aliphatic hydroxyl groups excluding tert-OH is 1. The Morgan fingerprint density at radius 2 is 2.12 bits per heavy atom. The number of ether oxygens (including phenoxy) is 2. The van der Waals surface area contributed by atoms with Gasteiger partial charge in [-0.15, -0.1) is 0 Å². The Bertz CT molecular complexity index is 743. The second-order valence-corrected chi connectivity index (χ2v) is 6.61. The molecular formula is C20H24N2O3. The van der Waals surface area contributed by atoms with Gasteiger partial charge in [-0.05, 0) is 56.6 Å². The summed E-state index contributed by atoms with van der Waals surface area (Å²) in [5.41, 5.74) is 2.79. The van der Waals surface area contributed by atoms with Gasteiger partial charge in [0.25, 0.3) is 0 Å². The minimum atomic E-state index is -0.504. The lowest BCUT2D eigenvalue weighted by atomic mass is 9.95. The average molecular weight is 340 g/mol. The van der Waals surface area contributed by atoms with E-state index in [1.165, 1.54) is 12.8 Å². The van der Waals surface area contributed by atoms with Crippen LogP contribution in [0.3, 0.4) is 0 Å². The molecule has 1 saturated heterocycles. The molecule has 0 aliphatic carbocycles. The van der Waals surface area contributed by atoms with Crippen LogP contribution in [0.2, 0.25) is 0 Å². The minimum Gasteiger partial charge on any atom is -0.491 e. The van der Waals surface area contributed by atoms with Crippen LogP contribution in [0.5, 0.6) is 11.6 Å². The molecule has 0 saturated carbocycles. The van der Waals surface area contributed by atoms with Crippen LogP contribution in [0, 0.1) is 0 Å². The number of likely N-dealkylation sites (tertiary alicyclic amines) is 1. The smallest absolute Gasteiger partial charge is 0.221 e. The van der Waals surface area contributed by atoms with Gasteiger partial charge in [-0.1, -0.05) is 12.1 Å². The largest absolute Gasteiger partial charge is 0.491 e. The third kappa shape index (κ3) is 3.10. The lowest BCUT2D eigenvalue weighted by Gasteiger charge is -2.36. The van der Waals surface area contributed by atoms with E-state index in [2.05, 4.69) is 9.88 Å². The number of hydrogen-bond acceptors (Lipinski definition) is 5. The van der Waals surface area contributed by atoms with E-state index in [-0.39, 0.29) is 6.04 Å². The van der Waals surface area contributed by atoms with Crippen LogP contribution in [0.4, 0.5) is 0 Å². The highest BCUT2D eigenvalue weighted by molar-refractivity contribution is 5.70. The quantitative estimate of drug-likeness (QED) is 0.927. The van der Waals surface area contributed by atoms with Crippen molar-refractivity contribution in [2.75, 3.05) is 26.3 Å². The summed E-state index contributed by atoms with van der Waals surface area (Å²) in [4.78, 5) is 6.66. The average Bonchev–Trinajstić information content (AvgIpc) is 3.17. The molecule has 1 fully saturated rings. The first-order valence-electron chi connectivity index (χ1n) is 9.05. The summed E-state index contributed by atoms with van der Waals surface area (Å²) in [6.45, 7) is 5.14. The molecular weight excluding hydrogens is 316 g/mol. The van der Waals surface area contributed by atoms with Crippen LogP contribution in [-0.2, 0) is 0 Å². The van der Waals surface area contributed by atoms with Crippen molar-refractivity contribution in [1.29, 1.82) is 0 Å². The highest BCUT2D eigenvalue weighted by atomic mass is 16.5. The summed E-state index contributed by atoms with van der Waals surface area (Å²) in [6, 6.07) is 9.91. The molecule has 0 amide bonds. The van der Waals surface area contributed by atoms with Crippen molar-refractivity contribution in [2.45, 2.75) is 31.9 Å². The maximum atomic E-state index is 10.8. The summed E-state index contributed by atoms with van der Waals surface area (Å²) < 4.78 is 11.7. The molecule has 2 aliphatic heterocycles. The Kier molecular flexibility index (Phi) is 4.59. The van der Waals surface area contributed by atoms with E-state index < -0.39 is 6.10 Å². The Hall–Kier alpha value is -2.11. The normalized spacial score (nSPS) is 23.1. The monoisotopic (exact) mass is 340 g/mol. The molecule has 132 valence electrons. The highest BCUT2D eigenvalue weighted by Crippen LogP contribution is 2.39. The molecule has 1 aromatic heterocycles. The number of fused-ring (bicyclic) bond motifs is 1. The van der Waals surface area contributed by atoms with Gasteiger partial charge in [0.2, 0.25) is 5.88 Å². The van der Waals surface area contributed by atoms with E-state index >= 15 is 0 Å². The van der Waals surface area contributed by atoms with E-state index in [1.807, 2.05) is 37.3 Å². The lowest BCUT2D eigenvalue weighted by molar-refractivity contribution is 0.0140. The van der Waals surface area contributed by atoms with Crippen molar-refractivity contribution in [3.05, 3.63) is 42.1 Å². The fourth-order valence-electron chi connectivity index (χ4n) is 3.79. The summed E-state index contributed by atoms with van der Waals surface area (Å²) >= 11 is 0. The Morgan fingerprint density at radius 3 is 2.92 bits per heavy atom. The van der Waals surface area contributed by atoms with Crippen LogP contribution >= 0.6 is 0 Å². The zero-order valence-electron chi connectivity index (χ0n) is 14.5. The van der Waals surface area contributed by atoms with Crippen molar-refractivity contribution < 1.29 is 14.6 Å². The minimum absolute atomic E-state index is 0.0539. The maximum absolute atomic E-state index is 10.8. The van der Waals surface area contributed by atoms with Gasteiger partial charge >= 0.3 is 0 Å². The molecule has 4 rings (SSSR count). The standard InChI is InChI=1S/C20H24N2O3/c1-2-24-20-15(6-5-9-21-20)14-7-8-16-18(12-14)25-13-17(19(16)23)22-10-3-4-11-22/h5-9,12,17,19,23H,2-4,10-11,13H2,1H3. The fourth-order valence-corrected chi connectivity index (χ4v) is 3.79. The SMILES string of the molecule is CCOc1ncccc1-c1ccc2c(c1)OCC(N1CCCC1)C2O. The molecule has 2 aliphatic rings. The molecule has 5 nitrogen and oxygen atoms in total. The summed E-state index contributed by atoms with van der Waals surface area (Å²) in [6.07, 6.45) is 3.64. The molecule has 1 aromatic carbocycles. The van der Waals surface area contributed by atoms with E-state index in [0.29, 0.717) is 19.1 Å². The lowest BCUT2D eigenvalue weighted by Crippen LogP contribution is -2.44. The number of pyridine rings is 1. The highest BCUT2D eigenvalue weighted by Gasteiger charge is 2.35. The Balaban J connectivity index is 1.63. The van der Waals surface area contributed by atoms with Crippen LogP contribution in [0.25, 0.3) is 11.1 Å². The van der Waals surface area contributed by atoms with Crippen molar-refractivity contribution in [3.63, 3.8) is 0 Å². The number of benzene rings is 1. The summed E-state index contributed by atoms with van der Waals surface area (Å²) in [5, 5.41) is 10.8. The molecule has 2 atom stereocenters.